The fraction of sp³-hybridized carbons (Fsp3) is 0.481. The SMILES string of the molecule is O=C([C@@H]1C[C@@H]2C=C[C@H]1C2)N1CCC(C2(c3ccccn3)NC(=O)N(CCc3cccs3)C2=O)CC1. The molecule has 7 nitrogen and oxygen atoms in total. The van der Waals surface area contributed by atoms with Gasteiger partial charge < -0.3 is 10.2 Å². The number of likely N-dealkylation sites (tertiary alicyclic amines) is 1. The Hall–Kier alpha value is -3.00. The van der Waals surface area contributed by atoms with E-state index in [0.29, 0.717) is 56.4 Å². The van der Waals surface area contributed by atoms with Gasteiger partial charge in [-0.2, -0.15) is 0 Å². The molecule has 4 aliphatic rings. The monoisotopic (exact) mass is 490 g/mol. The van der Waals surface area contributed by atoms with Crippen molar-refractivity contribution in [1.29, 1.82) is 0 Å². The summed E-state index contributed by atoms with van der Waals surface area (Å²) in [4.78, 5) is 49.3. The van der Waals surface area contributed by atoms with E-state index in [1.54, 1.807) is 17.5 Å². The van der Waals surface area contributed by atoms with Gasteiger partial charge in [-0.3, -0.25) is 19.5 Å². The lowest BCUT2D eigenvalue weighted by Crippen LogP contribution is -2.55. The van der Waals surface area contributed by atoms with Crippen LogP contribution in [0.4, 0.5) is 4.79 Å². The van der Waals surface area contributed by atoms with E-state index in [0.717, 1.165) is 17.7 Å². The number of nitrogens with zero attached hydrogens (tertiary/aromatic N) is 3. The average molecular weight is 491 g/mol. The molecule has 0 aromatic carbocycles. The number of carbonyl (C=O) groups excluding carboxylic acids is 3. The molecule has 35 heavy (non-hydrogen) atoms. The van der Waals surface area contributed by atoms with Crippen LogP contribution in [-0.2, 0) is 21.5 Å². The summed E-state index contributed by atoms with van der Waals surface area (Å²) in [7, 11) is 0. The summed E-state index contributed by atoms with van der Waals surface area (Å²) in [5.41, 5.74) is -0.599. The highest BCUT2D eigenvalue weighted by atomic mass is 32.1. The van der Waals surface area contributed by atoms with E-state index in [4.69, 9.17) is 0 Å². The van der Waals surface area contributed by atoms with Crippen LogP contribution < -0.4 is 5.32 Å². The van der Waals surface area contributed by atoms with Crippen LogP contribution in [0.25, 0.3) is 0 Å². The number of hydrogen-bond acceptors (Lipinski definition) is 5. The second kappa shape index (κ2) is 8.90. The largest absolute Gasteiger partial charge is 0.342 e. The molecule has 4 amide bonds. The van der Waals surface area contributed by atoms with Crippen molar-refractivity contribution in [3.05, 3.63) is 64.6 Å². The summed E-state index contributed by atoms with van der Waals surface area (Å²) in [5, 5.41) is 5.07. The molecule has 1 saturated carbocycles. The number of hydrogen-bond donors (Lipinski definition) is 1. The number of imide groups is 1. The van der Waals surface area contributed by atoms with E-state index in [1.165, 1.54) is 4.90 Å². The van der Waals surface area contributed by atoms with E-state index in [1.807, 2.05) is 40.6 Å². The number of fused-ring (bicyclic) bond motifs is 2. The number of thiophene rings is 1. The fourth-order valence-corrected chi connectivity index (χ4v) is 7.26. The zero-order valence-corrected chi connectivity index (χ0v) is 20.5. The van der Waals surface area contributed by atoms with Crippen molar-refractivity contribution in [2.45, 2.75) is 37.6 Å². The fourth-order valence-electron chi connectivity index (χ4n) is 6.56. The Morgan fingerprint density at radius 1 is 1.11 bits per heavy atom. The minimum absolute atomic E-state index is 0.104. The number of amides is 4. The van der Waals surface area contributed by atoms with E-state index >= 15 is 0 Å². The molecule has 4 heterocycles. The molecule has 1 N–H and O–H groups in total. The van der Waals surface area contributed by atoms with E-state index in [2.05, 4.69) is 22.5 Å². The van der Waals surface area contributed by atoms with Crippen LogP contribution in [0.1, 0.15) is 36.3 Å². The molecular formula is C27H30N4O3S. The van der Waals surface area contributed by atoms with Crippen LogP contribution in [0.2, 0.25) is 0 Å². The molecule has 0 radical (unpaired) electrons. The summed E-state index contributed by atoms with van der Waals surface area (Å²) < 4.78 is 0. The molecular weight excluding hydrogens is 460 g/mol. The average Bonchev–Trinajstić information content (AvgIpc) is 3.69. The molecule has 182 valence electrons. The first-order chi connectivity index (χ1) is 17.1. The van der Waals surface area contributed by atoms with Crippen molar-refractivity contribution in [2.75, 3.05) is 19.6 Å². The first-order valence-corrected chi connectivity index (χ1v) is 13.5. The van der Waals surface area contributed by atoms with Gasteiger partial charge in [0, 0.05) is 42.5 Å². The van der Waals surface area contributed by atoms with E-state index in [-0.39, 0.29) is 29.7 Å². The lowest BCUT2D eigenvalue weighted by atomic mass is 9.74. The van der Waals surface area contributed by atoms with Crippen LogP contribution >= 0.6 is 11.3 Å². The third-order valence-electron chi connectivity index (χ3n) is 8.38. The third-order valence-corrected chi connectivity index (χ3v) is 9.31. The summed E-state index contributed by atoms with van der Waals surface area (Å²) in [6.07, 6.45) is 10.2. The summed E-state index contributed by atoms with van der Waals surface area (Å²) in [5.74, 6) is 0.965. The summed E-state index contributed by atoms with van der Waals surface area (Å²) in [6.45, 7) is 1.55. The molecule has 1 unspecified atom stereocenters. The number of carbonyl (C=O) groups is 3. The summed E-state index contributed by atoms with van der Waals surface area (Å²) in [6, 6.07) is 9.15. The molecule has 4 atom stereocenters. The van der Waals surface area contributed by atoms with Gasteiger partial charge in [0.2, 0.25) is 5.91 Å². The Morgan fingerprint density at radius 2 is 1.97 bits per heavy atom. The third kappa shape index (κ3) is 3.78. The van der Waals surface area contributed by atoms with Gasteiger partial charge in [0.1, 0.15) is 0 Å². The molecule has 3 fully saturated rings. The quantitative estimate of drug-likeness (QED) is 0.496. The van der Waals surface area contributed by atoms with Gasteiger partial charge in [0.15, 0.2) is 5.54 Å². The van der Waals surface area contributed by atoms with Crippen molar-refractivity contribution in [1.82, 2.24) is 20.1 Å². The van der Waals surface area contributed by atoms with Gasteiger partial charge in [-0.15, -0.1) is 11.3 Å². The van der Waals surface area contributed by atoms with E-state index in [9.17, 15) is 14.4 Å². The lowest BCUT2D eigenvalue weighted by Gasteiger charge is -2.41. The van der Waals surface area contributed by atoms with Gasteiger partial charge in [0.25, 0.3) is 5.91 Å². The Balaban J connectivity index is 1.21. The number of urea groups is 1. The topological polar surface area (TPSA) is 82.6 Å². The molecule has 2 aliphatic carbocycles. The Labute approximate surface area is 209 Å². The van der Waals surface area contributed by atoms with E-state index < -0.39 is 5.54 Å². The Bertz CT molecular complexity index is 1140. The first-order valence-electron chi connectivity index (χ1n) is 12.6. The molecule has 2 bridgehead atoms. The van der Waals surface area contributed by atoms with Crippen LogP contribution in [0.15, 0.2) is 54.1 Å². The Kier molecular flexibility index (Phi) is 5.71. The van der Waals surface area contributed by atoms with Gasteiger partial charge in [-0.25, -0.2) is 4.79 Å². The Morgan fingerprint density at radius 3 is 2.63 bits per heavy atom. The second-order valence-corrected chi connectivity index (χ2v) is 11.3. The van der Waals surface area contributed by atoms with Crippen molar-refractivity contribution in [2.24, 2.45) is 23.7 Å². The van der Waals surface area contributed by atoms with Crippen molar-refractivity contribution < 1.29 is 14.4 Å². The maximum atomic E-state index is 13.9. The summed E-state index contributed by atoms with van der Waals surface area (Å²) >= 11 is 1.63. The zero-order valence-electron chi connectivity index (χ0n) is 19.6. The van der Waals surface area contributed by atoms with Crippen molar-refractivity contribution in [3.8, 4) is 0 Å². The lowest BCUT2D eigenvalue weighted by molar-refractivity contribution is -0.139. The maximum Gasteiger partial charge on any atom is 0.325 e. The molecule has 8 heteroatoms. The normalized spacial score (nSPS) is 30.3. The number of nitrogens with one attached hydrogen (secondary N) is 1. The van der Waals surface area contributed by atoms with Gasteiger partial charge in [-0.05, 0) is 67.5 Å². The van der Waals surface area contributed by atoms with Crippen molar-refractivity contribution >= 4 is 29.2 Å². The highest BCUT2D eigenvalue weighted by molar-refractivity contribution is 7.09. The molecule has 2 aromatic heterocycles. The second-order valence-electron chi connectivity index (χ2n) is 10.2. The van der Waals surface area contributed by atoms with Crippen LogP contribution in [0.3, 0.4) is 0 Å². The predicted octanol–water partition coefficient (Wildman–Crippen LogP) is 3.58. The number of piperidine rings is 1. The zero-order chi connectivity index (χ0) is 24.0. The van der Waals surface area contributed by atoms with Gasteiger partial charge in [0.05, 0.1) is 5.69 Å². The molecule has 2 aliphatic heterocycles. The minimum atomic E-state index is -1.18. The van der Waals surface area contributed by atoms with Crippen molar-refractivity contribution in [3.63, 3.8) is 0 Å². The van der Waals surface area contributed by atoms with Crippen LogP contribution in [0, 0.1) is 23.7 Å². The van der Waals surface area contributed by atoms with Gasteiger partial charge >= 0.3 is 6.03 Å². The maximum absolute atomic E-state index is 13.9. The van der Waals surface area contributed by atoms with Crippen LogP contribution in [0.5, 0.6) is 0 Å². The minimum Gasteiger partial charge on any atom is -0.342 e. The molecule has 2 saturated heterocycles. The highest BCUT2D eigenvalue weighted by Crippen LogP contribution is 2.45. The molecule has 0 spiro atoms. The number of pyridine rings is 1. The number of allylic oxidation sites excluding steroid dienone is 2. The first kappa shape index (κ1) is 22.5. The predicted molar refractivity (Wildman–Crippen MR) is 132 cm³/mol. The smallest absolute Gasteiger partial charge is 0.325 e. The van der Waals surface area contributed by atoms with Gasteiger partial charge in [-0.1, -0.05) is 24.3 Å². The number of rotatable bonds is 6. The highest BCUT2D eigenvalue weighted by Gasteiger charge is 2.58. The molecule has 6 rings (SSSR count). The number of aromatic nitrogens is 1. The standard InChI is InChI=1S/C27H30N4O3S/c32-24(22-17-18-6-7-19(22)16-18)30-12-8-20(9-13-30)27(23-5-1-2-11-28-23)25(33)31(26(34)29-27)14-10-21-4-3-15-35-21/h1-7,11,15,18-20,22H,8-10,12-14,16-17H2,(H,29,34)/t18-,19+,22-,27?/m1/s1. The van der Waals surface area contributed by atoms with Crippen LogP contribution in [-0.4, -0.2) is 52.3 Å². The molecule has 2 aromatic rings.